The van der Waals surface area contributed by atoms with Crippen molar-refractivity contribution in [2.75, 3.05) is 13.7 Å². The average Bonchev–Trinajstić information content (AvgIpc) is 1.68. The van der Waals surface area contributed by atoms with Gasteiger partial charge in [0, 0.05) is 7.11 Å². The molecule has 0 fully saturated rings. The maximum absolute atomic E-state index is 12.3. The van der Waals surface area contributed by atoms with E-state index >= 15 is 0 Å². The van der Waals surface area contributed by atoms with Gasteiger partial charge >= 0.3 is 0 Å². The number of hydrogen-bond acceptors (Lipinski definition) is 1. The fourth-order valence-electron chi connectivity index (χ4n) is 0.577. The summed E-state index contributed by atoms with van der Waals surface area (Å²) in [5.74, 6) is 0. The Morgan fingerprint density at radius 2 is 2.25 bits per heavy atom. The number of ether oxygens (including phenoxy) is 1. The van der Waals surface area contributed by atoms with E-state index in [1.54, 1.807) is 0 Å². The molecular weight excluding hydrogens is 107 g/mol. The molecule has 1 atom stereocenters. The minimum atomic E-state index is -0.759. The Labute approximate surface area is 49.8 Å². The van der Waals surface area contributed by atoms with E-state index in [4.69, 9.17) is 0 Å². The summed E-state index contributed by atoms with van der Waals surface area (Å²) in [6.07, 6.45) is 0.753. The Balaban J connectivity index is 2.92. The van der Waals surface area contributed by atoms with Gasteiger partial charge in [0.15, 0.2) is 0 Å². The van der Waals surface area contributed by atoms with Gasteiger partial charge in [-0.2, -0.15) is 0 Å². The SMILES string of the molecule is CCCC(F)COC. The van der Waals surface area contributed by atoms with Crippen LogP contribution in [0.4, 0.5) is 4.39 Å². The van der Waals surface area contributed by atoms with E-state index in [-0.39, 0.29) is 6.61 Å². The molecule has 1 unspecified atom stereocenters. The van der Waals surface area contributed by atoms with Crippen molar-refractivity contribution < 1.29 is 9.13 Å². The normalized spacial score (nSPS) is 13.9. The van der Waals surface area contributed by atoms with Crippen molar-refractivity contribution in [1.29, 1.82) is 0 Å². The van der Waals surface area contributed by atoms with Crippen molar-refractivity contribution in [1.82, 2.24) is 0 Å². The molecule has 0 aromatic rings. The highest BCUT2D eigenvalue weighted by Crippen LogP contribution is 2.00. The summed E-state index contributed by atoms with van der Waals surface area (Å²) in [5.41, 5.74) is 0. The van der Waals surface area contributed by atoms with Gasteiger partial charge in [-0.25, -0.2) is 4.39 Å². The first kappa shape index (κ1) is 7.89. The van der Waals surface area contributed by atoms with Gasteiger partial charge in [-0.1, -0.05) is 13.3 Å². The van der Waals surface area contributed by atoms with Crippen LogP contribution in [-0.2, 0) is 4.74 Å². The molecule has 0 aromatic carbocycles. The Bertz CT molecular complexity index is 41.8. The summed E-state index contributed by atoms with van der Waals surface area (Å²) in [4.78, 5) is 0. The van der Waals surface area contributed by atoms with Gasteiger partial charge in [-0.15, -0.1) is 0 Å². The Hall–Kier alpha value is -0.110. The van der Waals surface area contributed by atoms with Gasteiger partial charge in [0.2, 0.25) is 0 Å². The van der Waals surface area contributed by atoms with Crippen LogP contribution < -0.4 is 0 Å². The summed E-state index contributed by atoms with van der Waals surface area (Å²) < 4.78 is 16.9. The Kier molecular flexibility index (Phi) is 4.97. The number of alkyl halides is 1. The number of halogens is 1. The van der Waals surface area contributed by atoms with E-state index in [9.17, 15) is 4.39 Å². The van der Waals surface area contributed by atoms with Gasteiger partial charge in [0.1, 0.15) is 6.17 Å². The largest absolute Gasteiger partial charge is 0.382 e. The van der Waals surface area contributed by atoms with Crippen LogP contribution in [0.2, 0.25) is 0 Å². The maximum atomic E-state index is 12.3. The van der Waals surface area contributed by atoms with Crippen molar-refractivity contribution >= 4 is 0 Å². The second kappa shape index (κ2) is 5.04. The Morgan fingerprint density at radius 1 is 1.62 bits per heavy atom. The van der Waals surface area contributed by atoms with Crippen LogP contribution in [0, 0.1) is 0 Å². The van der Waals surface area contributed by atoms with Gasteiger partial charge in [0.05, 0.1) is 6.61 Å². The van der Waals surface area contributed by atoms with Crippen molar-refractivity contribution in [2.45, 2.75) is 25.9 Å². The smallest absolute Gasteiger partial charge is 0.123 e. The molecule has 0 amide bonds. The third-order valence-corrected chi connectivity index (χ3v) is 0.949. The van der Waals surface area contributed by atoms with E-state index in [0.717, 1.165) is 6.42 Å². The summed E-state index contributed by atoms with van der Waals surface area (Å²) in [7, 11) is 1.52. The lowest BCUT2D eigenvalue weighted by atomic mass is 10.2. The molecule has 0 saturated carbocycles. The van der Waals surface area contributed by atoms with Gasteiger partial charge in [0.25, 0.3) is 0 Å². The molecule has 8 heavy (non-hydrogen) atoms. The van der Waals surface area contributed by atoms with Crippen LogP contribution in [0.15, 0.2) is 0 Å². The van der Waals surface area contributed by atoms with Crippen LogP contribution in [0.25, 0.3) is 0 Å². The molecule has 0 bridgehead atoms. The fourth-order valence-corrected chi connectivity index (χ4v) is 0.577. The molecule has 0 heterocycles. The maximum Gasteiger partial charge on any atom is 0.123 e. The highest BCUT2D eigenvalue weighted by atomic mass is 19.1. The van der Waals surface area contributed by atoms with Gasteiger partial charge in [-0.05, 0) is 6.42 Å². The molecule has 0 spiro atoms. The second-order valence-electron chi connectivity index (χ2n) is 1.84. The second-order valence-corrected chi connectivity index (χ2v) is 1.84. The molecule has 1 nitrogen and oxygen atoms in total. The zero-order valence-electron chi connectivity index (χ0n) is 5.48. The predicted octanol–water partition coefficient (Wildman–Crippen LogP) is 1.77. The topological polar surface area (TPSA) is 9.23 Å². The van der Waals surface area contributed by atoms with Crippen molar-refractivity contribution in [3.63, 3.8) is 0 Å². The highest BCUT2D eigenvalue weighted by Gasteiger charge is 2.01. The average molecular weight is 120 g/mol. The molecule has 2 heteroatoms. The lowest BCUT2D eigenvalue weighted by Gasteiger charge is -2.02. The zero-order chi connectivity index (χ0) is 6.41. The molecular formula is C6H13FO. The summed E-state index contributed by atoms with van der Waals surface area (Å²) in [5, 5.41) is 0. The predicted molar refractivity (Wildman–Crippen MR) is 31.7 cm³/mol. The van der Waals surface area contributed by atoms with Crippen LogP contribution in [0.3, 0.4) is 0 Å². The molecule has 0 radical (unpaired) electrons. The third kappa shape index (κ3) is 4.06. The molecule has 0 aliphatic carbocycles. The first-order valence-electron chi connectivity index (χ1n) is 2.94. The molecule has 0 saturated heterocycles. The number of hydrogen-bond donors (Lipinski definition) is 0. The first-order valence-corrected chi connectivity index (χ1v) is 2.94. The highest BCUT2D eigenvalue weighted by molar-refractivity contribution is 4.50. The van der Waals surface area contributed by atoms with Crippen LogP contribution >= 0.6 is 0 Å². The fraction of sp³-hybridized carbons (Fsp3) is 1.00. The van der Waals surface area contributed by atoms with Crippen molar-refractivity contribution in [3.8, 4) is 0 Å². The van der Waals surface area contributed by atoms with Gasteiger partial charge in [-0.3, -0.25) is 0 Å². The van der Waals surface area contributed by atoms with Crippen molar-refractivity contribution in [2.24, 2.45) is 0 Å². The quantitative estimate of drug-likeness (QED) is 0.549. The number of rotatable bonds is 4. The van der Waals surface area contributed by atoms with E-state index in [1.807, 2.05) is 6.92 Å². The van der Waals surface area contributed by atoms with E-state index in [1.165, 1.54) is 7.11 Å². The van der Waals surface area contributed by atoms with Crippen LogP contribution in [0.5, 0.6) is 0 Å². The monoisotopic (exact) mass is 120 g/mol. The van der Waals surface area contributed by atoms with Crippen molar-refractivity contribution in [3.05, 3.63) is 0 Å². The lowest BCUT2D eigenvalue weighted by Crippen LogP contribution is -2.06. The molecule has 0 aromatic heterocycles. The Morgan fingerprint density at radius 3 is 2.62 bits per heavy atom. The summed E-state index contributed by atoms with van der Waals surface area (Å²) in [6, 6.07) is 0. The van der Waals surface area contributed by atoms with Gasteiger partial charge < -0.3 is 4.74 Å². The molecule has 50 valence electrons. The minimum absolute atomic E-state index is 0.244. The standard InChI is InChI=1S/C6H13FO/c1-3-4-6(7)5-8-2/h6H,3-5H2,1-2H3. The lowest BCUT2D eigenvalue weighted by molar-refractivity contribution is 0.118. The molecule has 0 aliphatic heterocycles. The zero-order valence-corrected chi connectivity index (χ0v) is 5.48. The number of methoxy groups -OCH3 is 1. The summed E-state index contributed by atoms with van der Waals surface area (Å²) in [6.45, 7) is 2.20. The third-order valence-electron chi connectivity index (χ3n) is 0.949. The first-order chi connectivity index (χ1) is 3.81. The molecule has 0 rings (SSSR count). The van der Waals surface area contributed by atoms with Crippen LogP contribution in [-0.4, -0.2) is 19.9 Å². The van der Waals surface area contributed by atoms with E-state index < -0.39 is 6.17 Å². The summed E-state index contributed by atoms with van der Waals surface area (Å²) >= 11 is 0. The molecule has 0 aliphatic rings. The van der Waals surface area contributed by atoms with Crippen LogP contribution in [0.1, 0.15) is 19.8 Å². The van der Waals surface area contributed by atoms with E-state index in [2.05, 4.69) is 4.74 Å². The minimum Gasteiger partial charge on any atom is -0.382 e. The van der Waals surface area contributed by atoms with E-state index in [0.29, 0.717) is 6.42 Å². The molecule has 0 N–H and O–H groups in total.